The highest BCUT2D eigenvalue weighted by atomic mass is 35.5. The number of hydrogen-bond donors (Lipinski definition) is 1. The van der Waals surface area contributed by atoms with E-state index in [0.717, 1.165) is 34.1 Å². The van der Waals surface area contributed by atoms with Crippen molar-refractivity contribution in [3.05, 3.63) is 23.2 Å². The van der Waals surface area contributed by atoms with E-state index in [-0.39, 0.29) is 0 Å². The lowest BCUT2D eigenvalue weighted by atomic mass is 9.98. The van der Waals surface area contributed by atoms with Crippen molar-refractivity contribution >= 4 is 38.3 Å². The van der Waals surface area contributed by atoms with Gasteiger partial charge in [0.25, 0.3) is 0 Å². The number of rotatable bonds is 3. The number of nitrogens with zero attached hydrogens (tertiary/aromatic N) is 1. The minimum absolute atomic E-state index is 0.753. The first-order valence-electron chi connectivity index (χ1n) is 6.52. The molecule has 2 nitrogen and oxygen atoms in total. The van der Waals surface area contributed by atoms with Crippen LogP contribution in [0, 0.1) is 11.8 Å². The summed E-state index contributed by atoms with van der Waals surface area (Å²) in [5.41, 5.74) is 0.995. The third-order valence-corrected chi connectivity index (χ3v) is 5.13. The zero-order valence-electron chi connectivity index (χ0n) is 10.4. The van der Waals surface area contributed by atoms with Crippen molar-refractivity contribution in [2.45, 2.75) is 26.2 Å². The molecule has 1 aromatic heterocycles. The van der Waals surface area contributed by atoms with Gasteiger partial charge in [-0.3, -0.25) is 0 Å². The largest absolute Gasteiger partial charge is 0.361 e. The Morgan fingerprint density at radius 3 is 3.11 bits per heavy atom. The molecule has 18 heavy (non-hydrogen) atoms. The van der Waals surface area contributed by atoms with Gasteiger partial charge in [-0.1, -0.05) is 42.7 Å². The molecule has 4 heteroatoms. The van der Waals surface area contributed by atoms with Crippen molar-refractivity contribution in [3.63, 3.8) is 0 Å². The maximum absolute atomic E-state index is 5.97. The number of aromatic nitrogens is 1. The topological polar surface area (TPSA) is 24.9 Å². The Kier molecular flexibility index (Phi) is 3.44. The summed E-state index contributed by atoms with van der Waals surface area (Å²) in [5.74, 6) is 1.65. The molecule has 1 saturated carbocycles. The first kappa shape index (κ1) is 12.2. The summed E-state index contributed by atoms with van der Waals surface area (Å²) in [4.78, 5) is 4.58. The molecule has 2 aromatic rings. The van der Waals surface area contributed by atoms with Gasteiger partial charge < -0.3 is 5.32 Å². The normalized spacial score (nSPS) is 23.7. The van der Waals surface area contributed by atoms with E-state index in [4.69, 9.17) is 11.6 Å². The summed E-state index contributed by atoms with van der Waals surface area (Å²) in [5, 5.41) is 5.26. The van der Waals surface area contributed by atoms with Crippen molar-refractivity contribution in [3.8, 4) is 0 Å². The average Bonchev–Trinajstić information content (AvgIpc) is 2.92. The Morgan fingerprint density at radius 1 is 1.44 bits per heavy atom. The van der Waals surface area contributed by atoms with Crippen LogP contribution in [0.3, 0.4) is 0 Å². The molecule has 1 aliphatic rings. The number of halogens is 1. The van der Waals surface area contributed by atoms with Crippen LogP contribution in [0.2, 0.25) is 5.02 Å². The van der Waals surface area contributed by atoms with Gasteiger partial charge in [-0.15, -0.1) is 0 Å². The summed E-state index contributed by atoms with van der Waals surface area (Å²) in [6.45, 7) is 3.41. The van der Waals surface area contributed by atoms with Crippen molar-refractivity contribution in [1.82, 2.24) is 4.98 Å². The highest BCUT2D eigenvalue weighted by Crippen LogP contribution is 2.32. The lowest BCUT2D eigenvalue weighted by Crippen LogP contribution is -2.16. The summed E-state index contributed by atoms with van der Waals surface area (Å²) in [6.07, 6.45) is 4.11. The summed E-state index contributed by atoms with van der Waals surface area (Å²) < 4.78 is 1.20. The Balaban J connectivity index is 1.71. The average molecular weight is 281 g/mol. The van der Waals surface area contributed by atoms with E-state index < -0.39 is 0 Å². The van der Waals surface area contributed by atoms with E-state index in [0.29, 0.717) is 0 Å². The lowest BCUT2D eigenvalue weighted by molar-refractivity contribution is 0.439. The van der Waals surface area contributed by atoms with Crippen LogP contribution in [-0.4, -0.2) is 11.5 Å². The molecule has 0 radical (unpaired) electrons. The van der Waals surface area contributed by atoms with E-state index in [2.05, 4.69) is 17.2 Å². The molecule has 1 N–H and O–H groups in total. The van der Waals surface area contributed by atoms with Crippen LogP contribution in [0.25, 0.3) is 10.2 Å². The first-order valence-corrected chi connectivity index (χ1v) is 7.72. The van der Waals surface area contributed by atoms with E-state index in [1.54, 1.807) is 11.3 Å². The minimum atomic E-state index is 0.753. The number of thiazole rings is 1. The van der Waals surface area contributed by atoms with Gasteiger partial charge in [0.05, 0.1) is 10.2 Å². The van der Waals surface area contributed by atoms with Crippen LogP contribution >= 0.6 is 22.9 Å². The maximum Gasteiger partial charge on any atom is 0.183 e. The van der Waals surface area contributed by atoms with Crippen LogP contribution in [0.15, 0.2) is 18.2 Å². The van der Waals surface area contributed by atoms with Gasteiger partial charge in [0.1, 0.15) is 0 Å². The van der Waals surface area contributed by atoms with Gasteiger partial charge in [-0.05, 0) is 36.5 Å². The second kappa shape index (κ2) is 5.06. The van der Waals surface area contributed by atoms with Crippen LogP contribution < -0.4 is 5.32 Å². The monoisotopic (exact) mass is 280 g/mol. The molecule has 0 spiro atoms. The predicted octanol–water partition coefficient (Wildman–Crippen LogP) is 4.80. The minimum Gasteiger partial charge on any atom is -0.361 e. The fraction of sp³-hybridized carbons (Fsp3) is 0.500. The zero-order chi connectivity index (χ0) is 12.5. The van der Waals surface area contributed by atoms with Crippen molar-refractivity contribution < 1.29 is 0 Å². The Hall–Kier alpha value is -0.800. The van der Waals surface area contributed by atoms with Gasteiger partial charge in [0, 0.05) is 11.6 Å². The molecule has 1 aromatic carbocycles. The highest BCUT2D eigenvalue weighted by Gasteiger charge is 2.23. The van der Waals surface area contributed by atoms with E-state index >= 15 is 0 Å². The highest BCUT2D eigenvalue weighted by molar-refractivity contribution is 7.22. The van der Waals surface area contributed by atoms with Gasteiger partial charge in [0.2, 0.25) is 0 Å². The van der Waals surface area contributed by atoms with E-state index in [1.165, 1.54) is 24.0 Å². The third-order valence-electron chi connectivity index (χ3n) is 3.90. The smallest absolute Gasteiger partial charge is 0.183 e. The molecule has 1 heterocycles. The first-order chi connectivity index (χ1) is 8.72. The maximum atomic E-state index is 5.97. The Bertz CT molecular complexity index is 552. The quantitative estimate of drug-likeness (QED) is 0.874. The van der Waals surface area contributed by atoms with E-state index in [9.17, 15) is 0 Å². The number of hydrogen-bond acceptors (Lipinski definition) is 3. The molecule has 2 atom stereocenters. The molecule has 2 unspecified atom stereocenters. The number of nitrogens with one attached hydrogen (secondary N) is 1. The molecule has 96 valence electrons. The van der Waals surface area contributed by atoms with Crippen LogP contribution in [0.4, 0.5) is 5.13 Å². The molecule has 0 bridgehead atoms. The molecule has 3 rings (SSSR count). The van der Waals surface area contributed by atoms with Gasteiger partial charge in [0.15, 0.2) is 5.13 Å². The zero-order valence-corrected chi connectivity index (χ0v) is 12.0. The van der Waals surface area contributed by atoms with Crippen LogP contribution in [0.5, 0.6) is 0 Å². The summed E-state index contributed by atoms with van der Waals surface area (Å²) >= 11 is 7.68. The second-order valence-electron chi connectivity index (χ2n) is 5.18. The van der Waals surface area contributed by atoms with Crippen molar-refractivity contribution in [1.29, 1.82) is 0 Å². The third kappa shape index (κ3) is 2.47. The number of benzene rings is 1. The molecular formula is C14H17ClN2S. The molecule has 1 fully saturated rings. The molecule has 0 saturated heterocycles. The van der Waals surface area contributed by atoms with Gasteiger partial charge >= 0.3 is 0 Å². The molecule has 0 amide bonds. The molecule has 0 aliphatic heterocycles. The fourth-order valence-corrected chi connectivity index (χ4v) is 3.74. The predicted molar refractivity (Wildman–Crippen MR) is 79.6 cm³/mol. The summed E-state index contributed by atoms with van der Waals surface area (Å²) in [6, 6.07) is 5.89. The standard InChI is InChI=1S/C14H17ClN2S/c1-9-3-2-4-10(9)8-16-14-17-12-7-11(15)5-6-13(12)18-14/h5-7,9-10H,2-4,8H2,1H3,(H,16,17). The Labute approximate surface area is 116 Å². The van der Waals surface area contributed by atoms with Gasteiger partial charge in [-0.2, -0.15) is 0 Å². The lowest BCUT2D eigenvalue weighted by Gasteiger charge is -2.14. The number of anilines is 1. The molecule has 1 aliphatic carbocycles. The van der Waals surface area contributed by atoms with Crippen LogP contribution in [-0.2, 0) is 0 Å². The fourth-order valence-electron chi connectivity index (χ4n) is 2.72. The SMILES string of the molecule is CC1CCCC1CNc1nc2cc(Cl)ccc2s1. The van der Waals surface area contributed by atoms with Crippen LogP contribution in [0.1, 0.15) is 26.2 Å². The Morgan fingerprint density at radius 2 is 2.33 bits per heavy atom. The van der Waals surface area contributed by atoms with Crippen molar-refractivity contribution in [2.75, 3.05) is 11.9 Å². The van der Waals surface area contributed by atoms with E-state index in [1.807, 2.05) is 18.2 Å². The number of fused-ring (bicyclic) bond motifs is 1. The summed E-state index contributed by atoms with van der Waals surface area (Å²) in [7, 11) is 0. The van der Waals surface area contributed by atoms with Gasteiger partial charge in [-0.25, -0.2) is 4.98 Å². The molecular weight excluding hydrogens is 264 g/mol. The second-order valence-corrected chi connectivity index (χ2v) is 6.65. The van der Waals surface area contributed by atoms with Crippen molar-refractivity contribution in [2.24, 2.45) is 11.8 Å².